The molecular formula is C21H22N4O2. The molecular weight excluding hydrogens is 340 g/mol. The van der Waals surface area contributed by atoms with Crippen LogP contribution in [0.4, 0.5) is 5.69 Å². The van der Waals surface area contributed by atoms with E-state index in [2.05, 4.69) is 15.9 Å². The minimum Gasteiger partial charge on any atom is -0.408 e. The maximum Gasteiger partial charge on any atom is 0.419 e. The number of hydrogen-bond acceptors (Lipinski definition) is 5. The van der Waals surface area contributed by atoms with E-state index in [0.717, 1.165) is 55.9 Å². The Hall–Kier alpha value is -3.04. The van der Waals surface area contributed by atoms with Crippen LogP contribution < -0.4 is 10.7 Å². The Labute approximate surface area is 157 Å². The first kappa shape index (κ1) is 17.4. The number of nitriles is 1. The van der Waals surface area contributed by atoms with Crippen LogP contribution in [0.25, 0.3) is 11.1 Å². The molecule has 6 nitrogen and oxygen atoms in total. The molecule has 0 radical (unpaired) electrons. The second kappa shape index (κ2) is 7.68. The zero-order valence-corrected chi connectivity index (χ0v) is 15.2. The van der Waals surface area contributed by atoms with Gasteiger partial charge in [0, 0.05) is 32.7 Å². The fourth-order valence-corrected chi connectivity index (χ4v) is 3.75. The van der Waals surface area contributed by atoms with Gasteiger partial charge < -0.3 is 9.32 Å². The summed E-state index contributed by atoms with van der Waals surface area (Å²) >= 11 is 0. The number of nitrogens with zero attached hydrogens (tertiary/aromatic N) is 4. The Bertz CT molecular complexity index is 1030. The summed E-state index contributed by atoms with van der Waals surface area (Å²) in [7, 11) is 0. The fourth-order valence-electron chi connectivity index (χ4n) is 3.75. The van der Waals surface area contributed by atoms with Crippen LogP contribution in [0.1, 0.15) is 12.0 Å². The average molecular weight is 362 g/mol. The van der Waals surface area contributed by atoms with Gasteiger partial charge in [-0.3, -0.25) is 9.47 Å². The van der Waals surface area contributed by atoms with Gasteiger partial charge in [0.15, 0.2) is 5.58 Å². The molecule has 2 aromatic carbocycles. The van der Waals surface area contributed by atoms with Crippen molar-refractivity contribution in [1.82, 2.24) is 9.47 Å². The zero-order valence-electron chi connectivity index (χ0n) is 15.2. The molecule has 0 aliphatic carbocycles. The third-order valence-corrected chi connectivity index (χ3v) is 5.17. The van der Waals surface area contributed by atoms with Crippen molar-refractivity contribution in [1.29, 1.82) is 5.26 Å². The lowest BCUT2D eigenvalue weighted by Gasteiger charge is -2.24. The van der Waals surface area contributed by atoms with E-state index in [1.807, 2.05) is 48.5 Å². The highest BCUT2D eigenvalue weighted by Gasteiger charge is 2.18. The molecule has 0 amide bonds. The molecule has 0 N–H and O–H groups in total. The second-order valence-corrected chi connectivity index (χ2v) is 6.80. The third-order valence-electron chi connectivity index (χ3n) is 5.17. The summed E-state index contributed by atoms with van der Waals surface area (Å²) in [5, 5.41) is 9.35. The van der Waals surface area contributed by atoms with E-state index in [-0.39, 0.29) is 5.76 Å². The van der Waals surface area contributed by atoms with Gasteiger partial charge in [0.2, 0.25) is 0 Å². The standard InChI is InChI=1S/C21H22N4O2/c22-16-17-6-1-2-7-18(17)24-11-5-10-23(12-14-24)13-15-25-19-8-3-4-9-20(19)27-21(25)26/h1-4,6-9H,5,10-15H2. The summed E-state index contributed by atoms with van der Waals surface area (Å²) in [5.74, 6) is -0.296. The van der Waals surface area contributed by atoms with E-state index in [9.17, 15) is 10.1 Å². The van der Waals surface area contributed by atoms with Crippen molar-refractivity contribution < 1.29 is 4.42 Å². The summed E-state index contributed by atoms with van der Waals surface area (Å²) in [4.78, 5) is 16.8. The van der Waals surface area contributed by atoms with Gasteiger partial charge in [0.1, 0.15) is 6.07 Å². The van der Waals surface area contributed by atoms with E-state index in [0.29, 0.717) is 12.1 Å². The quantitative estimate of drug-likeness (QED) is 0.714. The van der Waals surface area contributed by atoms with Gasteiger partial charge in [-0.2, -0.15) is 5.26 Å². The molecule has 1 aliphatic rings. The minimum atomic E-state index is -0.296. The number of rotatable bonds is 4. The molecule has 2 heterocycles. The van der Waals surface area contributed by atoms with Crippen molar-refractivity contribution in [3.63, 3.8) is 0 Å². The second-order valence-electron chi connectivity index (χ2n) is 6.80. The lowest BCUT2D eigenvalue weighted by Crippen LogP contribution is -2.34. The fraction of sp³-hybridized carbons (Fsp3) is 0.333. The largest absolute Gasteiger partial charge is 0.419 e. The molecule has 3 aromatic rings. The van der Waals surface area contributed by atoms with Crippen molar-refractivity contribution >= 4 is 16.8 Å². The molecule has 1 fully saturated rings. The molecule has 4 rings (SSSR count). The van der Waals surface area contributed by atoms with E-state index < -0.39 is 0 Å². The van der Waals surface area contributed by atoms with Gasteiger partial charge in [-0.15, -0.1) is 0 Å². The first-order chi connectivity index (χ1) is 13.3. The van der Waals surface area contributed by atoms with E-state index in [1.54, 1.807) is 4.57 Å². The zero-order chi connectivity index (χ0) is 18.6. The van der Waals surface area contributed by atoms with Crippen LogP contribution in [0.2, 0.25) is 0 Å². The van der Waals surface area contributed by atoms with Crippen molar-refractivity contribution in [2.45, 2.75) is 13.0 Å². The lowest BCUT2D eigenvalue weighted by atomic mass is 10.1. The summed E-state index contributed by atoms with van der Waals surface area (Å²) in [6, 6.07) is 17.6. The van der Waals surface area contributed by atoms with Crippen LogP contribution in [-0.4, -0.2) is 42.2 Å². The average Bonchev–Trinajstić information content (AvgIpc) is 2.86. The minimum absolute atomic E-state index is 0.296. The van der Waals surface area contributed by atoms with Crippen LogP contribution >= 0.6 is 0 Å². The SMILES string of the molecule is N#Cc1ccccc1N1CCCN(CCn2c(=O)oc3ccccc32)CC1. The normalized spacial score (nSPS) is 15.6. The Balaban J connectivity index is 1.42. The van der Waals surface area contributed by atoms with Crippen LogP contribution in [0, 0.1) is 11.3 Å². The van der Waals surface area contributed by atoms with Gasteiger partial charge in [0.25, 0.3) is 0 Å². The van der Waals surface area contributed by atoms with Crippen molar-refractivity contribution in [2.24, 2.45) is 0 Å². The molecule has 0 spiro atoms. The molecule has 0 unspecified atom stereocenters. The Morgan fingerprint density at radius 2 is 1.78 bits per heavy atom. The van der Waals surface area contributed by atoms with Crippen LogP contribution in [0.15, 0.2) is 57.7 Å². The topological polar surface area (TPSA) is 65.4 Å². The van der Waals surface area contributed by atoms with E-state index in [1.165, 1.54) is 0 Å². The smallest absolute Gasteiger partial charge is 0.408 e. The predicted molar refractivity (Wildman–Crippen MR) is 105 cm³/mol. The van der Waals surface area contributed by atoms with Crippen molar-refractivity contribution in [2.75, 3.05) is 37.6 Å². The number of hydrogen-bond donors (Lipinski definition) is 0. The molecule has 0 saturated carbocycles. The van der Waals surface area contributed by atoms with Gasteiger partial charge in [-0.25, -0.2) is 4.79 Å². The monoisotopic (exact) mass is 362 g/mol. The van der Waals surface area contributed by atoms with Crippen LogP contribution in [0.3, 0.4) is 0 Å². The van der Waals surface area contributed by atoms with Gasteiger partial charge in [-0.05, 0) is 37.2 Å². The third kappa shape index (κ3) is 3.60. The Morgan fingerprint density at radius 1 is 0.963 bits per heavy atom. The van der Waals surface area contributed by atoms with Crippen molar-refractivity contribution in [3.05, 3.63) is 64.6 Å². The number of oxazole rings is 1. The summed E-state index contributed by atoms with van der Waals surface area (Å²) in [6.07, 6.45) is 1.03. The number of anilines is 1. The van der Waals surface area contributed by atoms with Gasteiger partial charge in [-0.1, -0.05) is 24.3 Å². The molecule has 0 bridgehead atoms. The van der Waals surface area contributed by atoms with Crippen LogP contribution in [0.5, 0.6) is 0 Å². The van der Waals surface area contributed by atoms with E-state index in [4.69, 9.17) is 4.42 Å². The molecule has 1 aromatic heterocycles. The highest BCUT2D eigenvalue weighted by molar-refractivity contribution is 5.72. The number of benzene rings is 2. The first-order valence-electron chi connectivity index (χ1n) is 9.31. The summed E-state index contributed by atoms with van der Waals surface area (Å²) < 4.78 is 7.03. The summed E-state index contributed by atoms with van der Waals surface area (Å²) in [5.41, 5.74) is 3.22. The summed E-state index contributed by atoms with van der Waals surface area (Å²) in [6.45, 7) is 5.12. The molecule has 6 heteroatoms. The first-order valence-corrected chi connectivity index (χ1v) is 9.31. The maximum absolute atomic E-state index is 12.1. The molecule has 1 aliphatic heterocycles. The number of aromatic nitrogens is 1. The maximum atomic E-state index is 12.1. The molecule has 27 heavy (non-hydrogen) atoms. The van der Waals surface area contributed by atoms with Gasteiger partial charge >= 0.3 is 5.76 Å². The Morgan fingerprint density at radius 3 is 2.67 bits per heavy atom. The van der Waals surface area contributed by atoms with E-state index >= 15 is 0 Å². The molecule has 0 atom stereocenters. The highest BCUT2D eigenvalue weighted by atomic mass is 16.4. The highest BCUT2D eigenvalue weighted by Crippen LogP contribution is 2.21. The molecule has 1 saturated heterocycles. The van der Waals surface area contributed by atoms with Crippen molar-refractivity contribution in [3.8, 4) is 6.07 Å². The number of fused-ring (bicyclic) bond motifs is 1. The van der Waals surface area contributed by atoms with Gasteiger partial charge in [0.05, 0.1) is 16.8 Å². The predicted octanol–water partition coefficient (Wildman–Crippen LogP) is 2.68. The number of para-hydroxylation sites is 3. The van der Waals surface area contributed by atoms with Crippen LogP contribution in [-0.2, 0) is 6.54 Å². The molecule has 138 valence electrons. The lowest BCUT2D eigenvalue weighted by molar-refractivity contribution is 0.278. The Kier molecular flexibility index (Phi) is 4.95.